The monoisotopic (exact) mass is 411 g/mol. The highest BCUT2D eigenvalue weighted by Gasteiger charge is 2.29. The predicted molar refractivity (Wildman–Crippen MR) is 112 cm³/mol. The highest BCUT2D eigenvalue weighted by atomic mass is 16.6. The second kappa shape index (κ2) is 8.56. The summed E-state index contributed by atoms with van der Waals surface area (Å²) in [6.07, 6.45) is 2.90. The molecule has 30 heavy (non-hydrogen) atoms. The van der Waals surface area contributed by atoms with Gasteiger partial charge in [-0.3, -0.25) is 4.90 Å². The fourth-order valence-corrected chi connectivity index (χ4v) is 3.73. The molecule has 1 aliphatic heterocycles. The molecule has 158 valence electrons. The van der Waals surface area contributed by atoms with Crippen molar-refractivity contribution < 1.29 is 14.3 Å². The summed E-state index contributed by atoms with van der Waals surface area (Å²) < 4.78 is 12.3. The molecule has 1 aliphatic rings. The van der Waals surface area contributed by atoms with E-state index in [0.717, 1.165) is 35.5 Å². The van der Waals surface area contributed by atoms with Gasteiger partial charge < -0.3 is 26.3 Å². The first-order valence-electron chi connectivity index (χ1n) is 9.70. The molecule has 1 fully saturated rings. The lowest BCUT2D eigenvalue weighted by atomic mass is 10.0. The molecule has 5 N–H and O–H groups in total. The first-order chi connectivity index (χ1) is 14.5. The van der Waals surface area contributed by atoms with E-state index in [0.29, 0.717) is 18.9 Å². The second-order valence-corrected chi connectivity index (χ2v) is 7.26. The van der Waals surface area contributed by atoms with E-state index in [-0.39, 0.29) is 6.04 Å². The third kappa shape index (κ3) is 4.29. The maximum atomic E-state index is 11.2. The van der Waals surface area contributed by atoms with Gasteiger partial charge >= 0.3 is 6.09 Å². The summed E-state index contributed by atoms with van der Waals surface area (Å²) in [7, 11) is 1.63. The number of hydrogen-bond acceptors (Lipinski definition) is 8. The maximum absolute atomic E-state index is 11.2. The minimum Gasteiger partial charge on any atom is -0.497 e. The van der Waals surface area contributed by atoms with Crippen LogP contribution < -0.4 is 21.5 Å². The number of nitrogens with zero attached hydrogens (tertiary/aromatic N) is 4. The first kappa shape index (κ1) is 19.9. The van der Waals surface area contributed by atoms with Gasteiger partial charge in [-0.15, -0.1) is 0 Å². The Balaban J connectivity index is 1.57. The van der Waals surface area contributed by atoms with E-state index in [2.05, 4.69) is 20.3 Å². The minimum absolute atomic E-state index is 0.215. The molecule has 2 aromatic heterocycles. The van der Waals surface area contributed by atoms with Gasteiger partial charge in [0.05, 0.1) is 7.11 Å². The summed E-state index contributed by atoms with van der Waals surface area (Å²) in [5.41, 5.74) is 14.1. The molecule has 0 saturated carbocycles. The van der Waals surface area contributed by atoms with Gasteiger partial charge in [-0.2, -0.15) is 5.10 Å². The van der Waals surface area contributed by atoms with Crippen molar-refractivity contribution in [2.24, 2.45) is 11.5 Å². The average molecular weight is 411 g/mol. The van der Waals surface area contributed by atoms with Crippen molar-refractivity contribution in [1.82, 2.24) is 19.5 Å². The number of nitrogens with two attached hydrogens (primary N) is 2. The molecule has 10 heteroatoms. The SMILES string of the molecule is COc1cccc(Nc2ncnn3ccc(CN4CC[C@@H](N)[C@H](OC(N)=O)C4)c23)c1. The fourth-order valence-electron chi connectivity index (χ4n) is 3.73. The number of likely N-dealkylation sites (tertiary alicyclic amines) is 1. The first-order valence-corrected chi connectivity index (χ1v) is 9.70. The van der Waals surface area contributed by atoms with Crippen LogP contribution >= 0.6 is 0 Å². The third-order valence-corrected chi connectivity index (χ3v) is 5.23. The Hall–Kier alpha value is -3.37. The third-order valence-electron chi connectivity index (χ3n) is 5.23. The van der Waals surface area contributed by atoms with Gasteiger partial charge in [0, 0.05) is 43.6 Å². The van der Waals surface area contributed by atoms with Gasteiger partial charge in [0.25, 0.3) is 0 Å². The zero-order valence-electron chi connectivity index (χ0n) is 16.7. The number of nitrogens with one attached hydrogen (secondary N) is 1. The minimum atomic E-state index is -0.801. The number of amides is 1. The number of methoxy groups -OCH3 is 1. The molecule has 0 aliphatic carbocycles. The number of carbonyl (C=O) groups excluding carboxylic acids is 1. The standard InChI is InChI=1S/C20H25N7O3/c1-29-15-4-2-3-14(9-15)25-19-18-13(5-8-27(18)24-12-23-19)10-26-7-6-16(21)17(11-26)30-20(22)28/h2-5,8-9,12,16-17H,6-7,10-11,21H2,1H3,(H2,22,28)(H,23,24,25)/t16-,17-/m1/s1. The number of benzene rings is 1. The van der Waals surface area contributed by atoms with Crippen LogP contribution in [0, 0.1) is 0 Å². The molecule has 0 radical (unpaired) electrons. The number of piperidine rings is 1. The number of rotatable bonds is 6. The Morgan fingerprint density at radius 2 is 2.23 bits per heavy atom. The summed E-state index contributed by atoms with van der Waals surface area (Å²) in [6, 6.07) is 9.44. The Morgan fingerprint density at radius 1 is 1.37 bits per heavy atom. The highest BCUT2D eigenvalue weighted by Crippen LogP contribution is 2.26. The number of aromatic nitrogens is 3. The van der Waals surface area contributed by atoms with E-state index in [9.17, 15) is 4.79 Å². The van der Waals surface area contributed by atoms with Gasteiger partial charge in [-0.25, -0.2) is 14.3 Å². The number of ether oxygens (including phenoxy) is 2. The Morgan fingerprint density at radius 3 is 3.03 bits per heavy atom. The van der Waals surface area contributed by atoms with Crippen LogP contribution in [-0.4, -0.2) is 57.9 Å². The number of fused-ring (bicyclic) bond motifs is 1. The molecule has 0 spiro atoms. The molecule has 1 aromatic carbocycles. The van der Waals surface area contributed by atoms with Crippen molar-refractivity contribution >= 4 is 23.1 Å². The van der Waals surface area contributed by atoms with Crippen LogP contribution in [0.5, 0.6) is 5.75 Å². The topological polar surface area (TPSA) is 133 Å². The molecule has 1 amide bonds. The van der Waals surface area contributed by atoms with Crippen LogP contribution in [0.1, 0.15) is 12.0 Å². The van der Waals surface area contributed by atoms with Crippen LogP contribution in [0.2, 0.25) is 0 Å². The summed E-state index contributed by atoms with van der Waals surface area (Å²) >= 11 is 0. The largest absolute Gasteiger partial charge is 0.497 e. The van der Waals surface area contributed by atoms with Crippen molar-refractivity contribution in [2.45, 2.75) is 25.1 Å². The Bertz CT molecular complexity index is 1040. The molecular weight excluding hydrogens is 386 g/mol. The Kier molecular flexibility index (Phi) is 5.68. The lowest BCUT2D eigenvalue weighted by Gasteiger charge is -2.35. The van der Waals surface area contributed by atoms with E-state index in [4.69, 9.17) is 20.9 Å². The number of primary amides is 1. The van der Waals surface area contributed by atoms with Gasteiger partial charge in [0.15, 0.2) is 5.82 Å². The zero-order valence-corrected chi connectivity index (χ0v) is 16.7. The molecule has 0 bridgehead atoms. The Labute approximate surface area is 173 Å². The normalized spacial score (nSPS) is 19.5. The lowest BCUT2D eigenvalue weighted by molar-refractivity contribution is 0.0313. The van der Waals surface area contributed by atoms with Gasteiger partial charge in [-0.05, 0) is 30.2 Å². The van der Waals surface area contributed by atoms with Gasteiger partial charge in [0.2, 0.25) is 0 Å². The van der Waals surface area contributed by atoms with E-state index in [1.165, 1.54) is 6.33 Å². The van der Waals surface area contributed by atoms with E-state index < -0.39 is 12.2 Å². The van der Waals surface area contributed by atoms with Crippen LogP contribution in [0.4, 0.5) is 16.3 Å². The van der Waals surface area contributed by atoms with Crippen LogP contribution in [0.15, 0.2) is 42.9 Å². The summed E-state index contributed by atoms with van der Waals surface area (Å²) in [5, 5.41) is 7.66. The van der Waals surface area contributed by atoms with Crippen molar-refractivity contribution in [3.63, 3.8) is 0 Å². The highest BCUT2D eigenvalue weighted by molar-refractivity contribution is 5.76. The van der Waals surface area contributed by atoms with Gasteiger partial charge in [0.1, 0.15) is 23.7 Å². The molecule has 3 aromatic rings. The van der Waals surface area contributed by atoms with Crippen LogP contribution in [-0.2, 0) is 11.3 Å². The molecule has 1 saturated heterocycles. The van der Waals surface area contributed by atoms with Crippen molar-refractivity contribution in [2.75, 3.05) is 25.5 Å². The molecule has 10 nitrogen and oxygen atoms in total. The lowest BCUT2D eigenvalue weighted by Crippen LogP contribution is -2.52. The van der Waals surface area contributed by atoms with E-state index in [1.807, 2.05) is 36.5 Å². The molecular formula is C20H25N7O3. The summed E-state index contributed by atoms with van der Waals surface area (Å²) in [5.74, 6) is 1.45. The zero-order chi connectivity index (χ0) is 21.1. The molecule has 0 unspecified atom stereocenters. The molecule has 4 rings (SSSR count). The van der Waals surface area contributed by atoms with E-state index >= 15 is 0 Å². The van der Waals surface area contributed by atoms with Gasteiger partial charge in [-0.1, -0.05) is 6.07 Å². The predicted octanol–water partition coefficient (Wildman–Crippen LogP) is 1.48. The smallest absolute Gasteiger partial charge is 0.404 e. The summed E-state index contributed by atoms with van der Waals surface area (Å²) in [6.45, 7) is 1.96. The molecule has 3 heterocycles. The summed E-state index contributed by atoms with van der Waals surface area (Å²) in [4.78, 5) is 17.8. The molecule has 2 atom stereocenters. The second-order valence-electron chi connectivity index (χ2n) is 7.26. The van der Waals surface area contributed by atoms with E-state index in [1.54, 1.807) is 11.6 Å². The maximum Gasteiger partial charge on any atom is 0.404 e. The van der Waals surface area contributed by atoms with Crippen LogP contribution in [0.3, 0.4) is 0 Å². The number of carbonyl (C=O) groups is 1. The van der Waals surface area contributed by atoms with Crippen molar-refractivity contribution in [3.8, 4) is 5.75 Å². The van der Waals surface area contributed by atoms with Crippen molar-refractivity contribution in [3.05, 3.63) is 48.4 Å². The quantitative estimate of drug-likeness (QED) is 0.555. The average Bonchev–Trinajstić information content (AvgIpc) is 3.14. The number of hydrogen-bond donors (Lipinski definition) is 3. The van der Waals surface area contributed by atoms with Crippen LogP contribution in [0.25, 0.3) is 5.52 Å². The van der Waals surface area contributed by atoms with Crippen molar-refractivity contribution in [1.29, 1.82) is 0 Å². The number of anilines is 2. The fraction of sp³-hybridized carbons (Fsp3) is 0.350.